The minimum Gasteiger partial charge on any atom is -0.452 e. The molecule has 0 bridgehead atoms. The second-order valence-corrected chi connectivity index (χ2v) is 4.66. The average molecular weight is 328 g/mol. The lowest BCUT2D eigenvalue weighted by molar-refractivity contribution is -0.131. The molecule has 19 heavy (non-hydrogen) atoms. The number of nitrogens with zero attached hydrogens (tertiary/aromatic N) is 1. The molecule has 1 saturated heterocycles. The van der Waals surface area contributed by atoms with Crippen LogP contribution in [-0.2, 0) is 14.3 Å². The summed E-state index contributed by atoms with van der Waals surface area (Å²) in [7, 11) is 0. The molecule has 0 radical (unpaired) electrons. The van der Waals surface area contributed by atoms with Crippen LogP contribution in [0.5, 0.6) is 0 Å². The number of amides is 2. The molecule has 0 spiro atoms. The van der Waals surface area contributed by atoms with E-state index in [0.717, 1.165) is 9.37 Å². The number of cyclic esters (lactones) is 1. The first kappa shape index (κ1) is 13.5. The van der Waals surface area contributed by atoms with Gasteiger partial charge in [-0.15, -0.1) is 0 Å². The lowest BCUT2D eigenvalue weighted by Gasteiger charge is -2.10. The smallest absolute Gasteiger partial charge is 0.416 e. The molecule has 100 valence electrons. The first-order valence-electron chi connectivity index (χ1n) is 5.48. The monoisotopic (exact) mass is 327 g/mol. The van der Waals surface area contributed by atoms with Crippen molar-refractivity contribution in [2.24, 2.45) is 0 Å². The van der Waals surface area contributed by atoms with Crippen molar-refractivity contribution in [1.82, 2.24) is 4.90 Å². The van der Waals surface area contributed by atoms with Crippen LogP contribution in [0.1, 0.15) is 10.4 Å². The Balaban J connectivity index is 1.90. The van der Waals surface area contributed by atoms with Gasteiger partial charge in [-0.3, -0.25) is 4.79 Å². The third-order valence-corrected chi connectivity index (χ3v) is 2.94. The van der Waals surface area contributed by atoms with Gasteiger partial charge in [0.2, 0.25) is 0 Å². The van der Waals surface area contributed by atoms with Crippen LogP contribution in [0.4, 0.5) is 4.79 Å². The van der Waals surface area contributed by atoms with E-state index in [1.165, 1.54) is 0 Å². The summed E-state index contributed by atoms with van der Waals surface area (Å²) in [5.74, 6) is -1.21. The maximum atomic E-state index is 11.7. The van der Waals surface area contributed by atoms with Crippen LogP contribution in [0, 0.1) is 0 Å². The topological polar surface area (TPSA) is 72.9 Å². The summed E-state index contributed by atoms with van der Waals surface area (Å²) in [6.45, 7) is -0.128. The Morgan fingerprint density at radius 3 is 2.84 bits per heavy atom. The van der Waals surface area contributed by atoms with Crippen molar-refractivity contribution in [3.63, 3.8) is 0 Å². The summed E-state index contributed by atoms with van der Waals surface area (Å²) in [6, 6.07) is 6.60. The summed E-state index contributed by atoms with van der Waals surface area (Å²) >= 11 is 3.23. The van der Waals surface area contributed by atoms with Crippen molar-refractivity contribution in [3.8, 4) is 0 Å². The normalized spacial score (nSPS) is 14.2. The number of benzene rings is 1. The van der Waals surface area contributed by atoms with E-state index in [1.54, 1.807) is 24.3 Å². The first-order chi connectivity index (χ1) is 9.08. The molecule has 6 nitrogen and oxygen atoms in total. The van der Waals surface area contributed by atoms with Gasteiger partial charge in [-0.1, -0.05) is 22.0 Å². The molecule has 7 heteroatoms. The third-order valence-electron chi connectivity index (χ3n) is 2.45. The van der Waals surface area contributed by atoms with Crippen molar-refractivity contribution < 1.29 is 23.9 Å². The molecule has 1 aromatic carbocycles. The molecule has 0 unspecified atom stereocenters. The molecular formula is C12H10BrNO5. The molecule has 2 amide bonds. The molecule has 0 saturated carbocycles. The van der Waals surface area contributed by atoms with Crippen molar-refractivity contribution in [2.45, 2.75) is 0 Å². The van der Waals surface area contributed by atoms with E-state index < -0.39 is 24.6 Å². The molecule has 1 aromatic rings. The number of esters is 1. The Hall–Kier alpha value is -1.89. The predicted molar refractivity (Wildman–Crippen MR) is 67.5 cm³/mol. The van der Waals surface area contributed by atoms with Crippen LogP contribution in [0.3, 0.4) is 0 Å². The van der Waals surface area contributed by atoms with Crippen LogP contribution in [0.25, 0.3) is 0 Å². The summed E-state index contributed by atoms with van der Waals surface area (Å²) in [5, 5.41) is 0. The number of carbonyl (C=O) groups is 3. The standard InChI is InChI=1S/C12H10BrNO5/c13-9-3-1-2-8(6-9)11(16)19-7-10(15)14-4-5-18-12(14)17/h1-3,6H,4-5,7H2. The van der Waals surface area contributed by atoms with Crippen LogP contribution < -0.4 is 0 Å². The number of hydrogen-bond acceptors (Lipinski definition) is 5. The van der Waals surface area contributed by atoms with Gasteiger partial charge in [0.15, 0.2) is 6.61 Å². The van der Waals surface area contributed by atoms with Gasteiger partial charge in [0.1, 0.15) is 6.61 Å². The zero-order valence-corrected chi connectivity index (χ0v) is 11.4. The molecule has 1 aliphatic rings. The minimum atomic E-state index is -0.705. The molecule has 0 aromatic heterocycles. The molecule has 2 rings (SSSR count). The SMILES string of the molecule is O=C(OCC(=O)N1CCOC1=O)c1cccc(Br)c1. The number of halogens is 1. The Bertz CT molecular complexity index is 531. The maximum absolute atomic E-state index is 11.7. The fraction of sp³-hybridized carbons (Fsp3) is 0.250. The lowest BCUT2D eigenvalue weighted by Crippen LogP contribution is -2.35. The van der Waals surface area contributed by atoms with Crippen molar-refractivity contribution in [3.05, 3.63) is 34.3 Å². The summed E-state index contributed by atoms with van der Waals surface area (Å²) in [6.07, 6.45) is -0.705. The Kier molecular flexibility index (Phi) is 4.16. The second kappa shape index (κ2) is 5.83. The highest BCUT2D eigenvalue weighted by atomic mass is 79.9. The fourth-order valence-electron chi connectivity index (χ4n) is 1.52. The van der Waals surface area contributed by atoms with Gasteiger partial charge in [-0.05, 0) is 18.2 Å². The highest BCUT2D eigenvalue weighted by Crippen LogP contribution is 2.12. The highest BCUT2D eigenvalue weighted by molar-refractivity contribution is 9.10. The quantitative estimate of drug-likeness (QED) is 0.788. The molecule has 1 fully saturated rings. The Labute approximate surface area is 117 Å². The molecular weight excluding hydrogens is 318 g/mol. The van der Waals surface area contributed by atoms with Gasteiger partial charge in [0.05, 0.1) is 12.1 Å². The van der Waals surface area contributed by atoms with E-state index in [-0.39, 0.29) is 13.2 Å². The zero-order valence-electron chi connectivity index (χ0n) is 9.80. The van der Waals surface area contributed by atoms with E-state index in [4.69, 9.17) is 4.74 Å². The number of imide groups is 1. The van der Waals surface area contributed by atoms with Gasteiger partial charge in [0.25, 0.3) is 5.91 Å². The molecule has 1 heterocycles. The van der Waals surface area contributed by atoms with E-state index >= 15 is 0 Å². The van der Waals surface area contributed by atoms with Gasteiger partial charge in [-0.2, -0.15) is 0 Å². The van der Waals surface area contributed by atoms with Gasteiger partial charge in [0, 0.05) is 4.47 Å². The summed E-state index contributed by atoms with van der Waals surface area (Å²) in [4.78, 5) is 35.3. The molecule has 0 N–H and O–H groups in total. The van der Waals surface area contributed by atoms with Gasteiger partial charge >= 0.3 is 12.1 Å². The molecule has 1 aliphatic heterocycles. The van der Waals surface area contributed by atoms with Gasteiger partial charge in [-0.25, -0.2) is 14.5 Å². The van der Waals surface area contributed by atoms with Crippen LogP contribution >= 0.6 is 15.9 Å². The predicted octanol–water partition coefficient (Wildman–Crippen LogP) is 1.58. The number of ether oxygens (including phenoxy) is 2. The van der Waals surface area contributed by atoms with E-state index in [2.05, 4.69) is 20.7 Å². The van der Waals surface area contributed by atoms with E-state index in [1.807, 2.05) is 0 Å². The summed E-state index contributed by atoms with van der Waals surface area (Å²) in [5.41, 5.74) is 0.325. The maximum Gasteiger partial charge on any atom is 0.416 e. The van der Waals surface area contributed by atoms with Crippen molar-refractivity contribution in [2.75, 3.05) is 19.8 Å². The van der Waals surface area contributed by atoms with E-state index in [9.17, 15) is 14.4 Å². The van der Waals surface area contributed by atoms with Crippen molar-refractivity contribution >= 4 is 33.9 Å². The Morgan fingerprint density at radius 1 is 1.42 bits per heavy atom. The average Bonchev–Trinajstić information content (AvgIpc) is 2.82. The molecule has 0 atom stereocenters. The number of carbonyl (C=O) groups excluding carboxylic acids is 3. The van der Waals surface area contributed by atoms with Crippen LogP contribution in [0.2, 0.25) is 0 Å². The minimum absolute atomic E-state index is 0.171. The first-order valence-corrected chi connectivity index (χ1v) is 6.27. The number of rotatable bonds is 3. The summed E-state index contributed by atoms with van der Waals surface area (Å²) < 4.78 is 10.2. The fourth-order valence-corrected chi connectivity index (χ4v) is 1.92. The van der Waals surface area contributed by atoms with Gasteiger partial charge < -0.3 is 9.47 Å². The Morgan fingerprint density at radius 2 is 2.21 bits per heavy atom. The molecule has 0 aliphatic carbocycles. The van der Waals surface area contributed by atoms with E-state index in [0.29, 0.717) is 5.56 Å². The highest BCUT2D eigenvalue weighted by Gasteiger charge is 2.28. The largest absolute Gasteiger partial charge is 0.452 e. The third kappa shape index (κ3) is 3.31. The lowest BCUT2D eigenvalue weighted by atomic mass is 10.2. The zero-order chi connectivity index (χ0) is 13.8. The van der Waals surface area contributed by atoms with Crippen LogP contribution in [0.15, 0.2) is 28.7 Å². The van der Waals surface area contributed by atoms with Crippen LogP contribution in [-0.4, -0.2) is 42.6 Å². The second-order valence-electron chi connectivity index (χ2n) is 3.75. The number of hydrogen-bond donors (Lipinski definition) is 0. The van der Waals surface area contributed by atoms with Crippen molar-refractivity contribution in [1.29, 1.82) is 0 Å².